The predicted octanol–water partition coefficient (Wildman–Crippen LogP) is 3.07. The van der Waals surface area contributed by atoms with E-state index in [1.165, 1.54) is 11.1 Å². The predicted molar refractivity (Wildman–Crippen MR) is 75.9 cm³/mol. The van der Waals surface area contributed by atoms with Gasteiger partial charge in [-0.25, -0.2) is 8.42 Å². The number of rotatable bonds is 4. The number of benzene rings is 1. The minimum atomic E-state index is -3.15. The first-order chi connectivity index (χ1) is 8.47. The smallest absolute Gasteiger partial charge is 0.175 e. The van der Waals surface area contributed by atoms with Gasteiger partial charge in [-0.3, -0.25) is 0 Å². The van der Waals surface area contributed by atoms with E-state index < -0.39 is 9.84 Å². The summed E-state index contributed by atoms with van der Waals surface area (Å²) < 4.78 is 23.0. The van der Waals surface area contributed by atoms with Crippen LogP contribution in [-0.2, 0) is 16.4 Å². The van der Waals surface area contributed by atoms with Gasteiger partial charge >= 0.3 is 0 Å². The number of hydrogen-bond acceptors (Lipinski definition) is 4. The lowest BCUT2D eigenvalue weighted by molar-refractivity contribution is 0.602. The molecule has 1 N–H and O–H groups in total. The van der Waals surface area contributed by atoms with Crippen LogP contribution in [0.25, 0.3) is 0 Å². The van der Waals surface area contributed by atoms with Gasteiger partial charge < -0.3 is 5.32 Å². The van der Waals surface area contributed by atoms with Gasteiger partial charge in [0, 0.05) is 23.4 Å². The van der Waals surface area contributed by atoms with Gasteiger partial charge in [0.15, 0.2) is 9.84 Å². The van der Waals surface area contributed by atoms with E-state index >= 15 is 0 Å². The van der Waals surface area contributed by atoms with Crippen molar-refractivity contribution < 1.29 is 8.42 Å². The first kappa shape index (κ1) is 13.1. The SMILES string of the molecule is Cc1ccc(S(C)(=O)=O)cc1NCc1cccs1. The maximum Gasteiger partial charge on any atom is 0.175 e. The minimum absolute atomic E-state index is 0.349. The largest absolute Gasteiger partial charge is 0.380 e. The van der Waals surface area contributed by atoms with Crippen LogP contribution in [0.2, 0.25) is 0 Å². The second-order valence-electron chi connectivity index (χ2n) is 4.18. The number of nitrogens with one attached hydrogen (secondary N) is 1. The molecule has 5 heteroatoms. The highest BCUT2D eigenvalue weighted by Crippen LogP contribution is 2.21. The van der Waals surface area contributed by atoms with Gasteiger partial charge in [-0.15, -0.1) is 11.3 Å². The summed E-state index contributed by atoms with van der Waals surface area (Å²) in [4.78, 5) is 1.57. The van der Waals surface area contributed by atoms with Crippen molar-refractivity contribution in [2.45, 2.75) is 18.4 Å². The monoisotopic (exact) mass is 281 g/mol. The van der Waals surface area contributed by atoms with E-state index in [1.54, 1.807) is 23.5 Å². The van der Waals surface area contributed by atoms with E-state index in [1.807, 2.05) is 30.5 Å². The molecular weight excluding hydrogens is 266 g/mol. The molecule has 0 radical (unpaired) electrons. The zero-order chi connectivity index (χ0) is 13.2. The molecule has 0 aliphatic rings. The standard InChI is InChI=1S/C13H15NO2S2/c1-10-5-6-12(18(2,15)16)8-13(10)14-9-11-4-3-7-17-11/h3-8,14H,9H2,1-2H3. The van der Waals surface area contributed by atoms with Crippen molar-refractivity contribution in [1.29, 1.82) is 0 Å². The van der Waals surface area contributed by atoms with Crippen LogP contribution in [0.1, 0.15) is 10.4 Å². The number of hydrogen-bond donors (Lipinski definition) is 1. The molecule has 0 aliphatic carbocycles. The van der Waals surface area contributed by atoms with E-state index in [4.69, 9.17) is 0 Å². The molecule has 0 bridgehead atoms. The topological polar surface area (TPSA) is 46.2 Å². The van der Waals surface area contributed by atoms with E-state index in [2.05, 4.69) is 5.32 Å². The maximum absolute atomic E-state index is 11.5. The first-order valence-electron chi connectivity index (χ1n) is 5.54. The Labute approximate surface area is 111 Å². The molecule has 0 amide bonds. The molecule has 18 heavy (non-hydrogen) atoms. The van der Waals surface area contributed by atoms with Crippen molar-refractivity contribution in [3.63, 3.8) is 0 Å². The van der Waals surface area contributed by atoms with Gasteiger partial charge in [0.25, 0.3) is 0 Å². The third-order valence-corrected chi connectivity index (χ3v) is 4.66. The van der Waals surface area contributed by atoms with E-state index in [0.29, 0.717) is 11.4 Å². The lowest BCUT2D eigenvalue weighted by atomic mass is 10.2. The molecule has 0 saturated heterocycles. The normalized spacial score (nSPS) is 11.4. The fraction of sp³-hybridized carbons (Fsp3) is 0.231. The van der Waals surface area contributed by atoms with Crippen LogP contribution in [0.5, 0.6) is 0 Å². The van der Waals surface area contributed by atoms with E-state index in [0.717, 1.165) is 11.3 Å². The van der Waals surface area contributed by atoms with Gasteiger partial charge in [0.2, 0.25) is 0 Å². The summed E-state index contributed by atoms with van der Waals surface area (Å²) in [5.74, 6) is 0. The molecule has 2 aromatic rings. The van der Waals surface area contributed by atoms with Gasteiger partial charge in [-0.2, -0.15) is 0 Å². The summed E-state index contributed by atoms with van der Waals surface area (Å²) in [5, 5.41) is 5.30. The van der Waals surface area contributed by atoms with Gasteiger partial charge in [-0.05, 0) is 36.1 Å². The van der Waals surface area contributed by atoms with Crippen LogP contribution < -0.4 is 5.32 Å². The second-order valence-corrected chi connectivity index (χ2v) is 7.23. The Morgan fingerprint density at radius 2 is 2.06 bits per heavy atom. The van der Waals surface area contributed by atoms with Gasteiger partial charge in [0.05, 0.1) is 4.90 Å². The van der Waals surface area contributed by atoms with Crippen LogP contribution >= 0.6 is 11.3 Å². The Hall–Kier alpha value is -1.33. The van der Waals surface area contributed by atoms with Crippen molar-refractivity contribution in [2.24, 2.45) is 0 Å². The Kier molecular flexibility index (Phi) is 3.73. The third-order valence-electron chi connectivity index (χ3n) is 2.67. The first-order valence-corrected chi connectivity index (χ1v) is 8.31. The van der Waals surface area contributed by atoms with Crippen LogP contribution in [0, 0.1) is 6.92 Å². The third kappa shape index (κ3) is 3.11. The van der Waals surface area contributed by atoms with Gasteiger partial charge in [-0.1, -0.05) is 12.1 Å². The van der Waals surface area contributed by atoms with Crippen molar-refractivity contribution in [1.82, 2.24) is 0 Å². The molecule has 0 spiro atoms. The number of sulfone groups is 1. The molecular formula is C13H15NO2S2. The average molecular weight is 281 g/mol. The summed E-state index contributed by atoms with van der Waals surface area (Å²) in [6.07, 6.45) is 1.22. The van der Waals surface area contributed by atoms with Crippen molar-refractivity contribution in [3.05, 3.63) is 46.2 Å². The average Bonchev–Trinajstić information content (AvgIpc) is 2.79. The van der Waals surface area contributed by atoms with Crippen LogP contribution in [0.4, 0.5) is 5.69 Å². The van der Waals surface area contributed by atoms with Crippen LogP contribution in [0.15, 0.2) is 40.6 Å². The van der Waals surface area contributed by atoms with Crippen molar-refractivity contribution in [3.8, 4) is 0 Å². The zero-order valence-electron chi connectivity index (χ0n) is 10.3. The fourth-order valence-corrected chi connectivity index (χ4v) is 2.91. The summed E-state index contributed by atoms with van der Waals surface area (Å²) in [5.41, 5.74) is 1.91. The lowest BCUT2D eigenvalue weighted by Gasteiger charge is -2.10. The number of anilines is 1. The molecule has 0 fully saturated rings. The Morgan fingerprint density at radius 1 is 1.28 bits per heavy atom. The molecule has 0 unspecified atom stereocenters. The van der Waals surface area contributed by atoms with Crippen molar-refractivity contribution >= 4 is 26.9 Å². The van der Waals surface area contributed by atoms with Crippen molar-refractivity contribution in [2.75, 3.05) is 11.6 Å². The highest BCUT2D eigenvalue weighted by Gasteiger charge is 2.09. The summed E-state index contributed by atoms with van der Waals surface area (Å²) in [6.45, 7) is 2.68. The second kappa shape index (κ2) is 5.12. The molecule has 96 valence electrons. The van der Waals surface area contributed by atoms with Crippen LogP contribution in [-0.4, -0.2) is 14.7 Å². The Bertz CT molecular complexity index is 631. The molecule has 0 saturated carbocycles. The molecule has 1 heterocycles. The quantitative estimate of drug-likeness (QED) is 0.937. The molecule has 1 aromatic heterocycles. The highest BCUT2D eigenvalue weighted by atomic mass is 32.2. The minimum Gasteiger partial charge on any atom is -0.380 e. The summed E-state index contributed by atoms with van der Waals surface area (Å²) in [7, 11) is -3.15. The molecule has 1 aromatic carbocycles. The number of thiophene rings is 1. The molecule has 0 atom stereocenters. The Balaban J connectivity index is 2.22. The van der Waals surface area contributed by atoms with E-state index in [-0.39, 0.29) is 0 Å². The summed E-state index contributed by atoms with van der Waals surface area (Å²) in [6, 6.07) is 9.21. The molecule has 3 nitrogen and oxygen atoms in total. The molecule has 2 rings (SSSR count). The maximum atomic E-state index is 11.5. The highest BCUT2D eigenvalue weighted by molar-refractivity contribution is 7.90. The fourth-order valence-electron chi connectivity index (χ4n) is 1.62. The van der Waals surface area contributed by atoms with Crippen LogP contribution in [0.3, 0.4) is 0 Å². The Morgan fingerprint density at radius 3 is 2.67 bits per heavy atom. The number of aryl methyl sites for hydroxylation is 1. The summed E-state index contributed by atoms with van der Waals surface area (Å²) >= 11 is 1.68. The zero-order valence-corrected chi connectivity index (χ0v) is 11.9. The lowest BCUT2D eigenvalue weighted by Crippen LogP contribution is -2.03. The molecule has 0 aliphatic heterocycles. The van der Waals surface area contributed by atoms with E-state index in [9.17, 15) is 8.42 Å². The van der Waals surface area contributed by atoms with Gasteiger partial charge in [0.1, 0.15) is 0 Å².